The Morgan fingerprint density at radius 2 is 1.70 bits per heavy atom. The van der Waals surface area contributed by atoms with E-state index in [4.69, 9.17) is 9.31 Å². The Kier molecular flexibility index (Phi) is 3.14. The molecule has 108 valence electrons. The summed E-state index contributed by atoms with van der Waals surface area (Å²) < 4.78 is 12.1. The van der Waals surface area contributed by atoms with Crippen molar-refractivity contribution < 1.29 is 14.4 Å². The summed E-state index contributed by atoms with van der Waals surface area (Å²) in [7, 11) is -0.486. The lowest BCUT2D eigenvalue weighted by molar-refractivity contribution is 0.00578. The van der Waals surface area contributed by atoms with E-state index in [2.05, 4.69) is 6.07 Å². The maximum atomic E-state index is 10.1. The fourth-order valence-electron chi connectivity index (χ4n) is 2.73. The smallest absolute Gasteiger partial charge is 0.498 e. The highest BCUT2D eigenvalue weighted by atomic mass is 16.7. The van der Waals surface area contributed by atoms with Crippen molar-refractivity contribution in [3.63, 3.8) is 0 Å². The number of hydrogen-bond donors (Lipinski definition) is 1. The molecule has 0 atom stereocenters. The van der Waals surface area contributed by atoms with Crippen molar-refractivity contribution in [2.45, 2.75) is 64.1 Å². The van der Waals surface area contributed by atoms with Gasteiger partial charge in [0.05, 0.1) is 11.2 Å². The van der Waals surface area contributed by atoms with Crippen LogP contribution in [0.25, 0.3) is 0 Å². The highest BCUT2D eigenvalue weighted by molar-refractivity contribution is 6.63. The minimum atomic E-state index is -0.486. The minimum Gasteiger partial charge on any atom is -0.508 e. The van der Waals surface area contributed by atoms with Crippen molar-refractivity contribution in [1.82, 2.24) is 0 Å². The van der Waals surface area contributed by atoms with Gasteiger partial charge in [-0.1, -0.05) is 18.6 Å². The van der Waals surface area contributed by atoms with Gasteiger partial charge < -0.3 is 14.4 Å². The fraction of sp³-hybridized carbons (Fsp3) is 0.625. The average molecular weight is 274 g/mol. The van der Waals surface area contributed by atoms with E-state index < -0.39 is 7.12 Å². The SMILES string of the molecule is CC1(C)OB(c2cc(C3CCC3)ccc2O)OC1(C)C. The number of phenolic OH excluding ortho intramolecular Hbond substituents is 1. The lowest BCUT2D eigenvalue weighted by atomic mass is 9.73. The summed E-state index contributed by atoms with van der Waals surface area (Å²) in [4.78, 5) is 0. The molecular weight excluding hydrogens is 251 g/mol. The van der Waals surface area contributed by atoms with Crippen molar-refractivity contribution in [3.8, 4) is 5.75 Å². The molecular formula is C16H23BO3. The minimum absolute atomic E-state index is 0.256. The first-order chi connectivity index (χ1) is 9.30. The summed E-state index contributed by atoms with van der Waals surface area (Å²) in [6.45, 7) is 8.11. The number of phenols is 1. The van der Waals surface area contributed by atoms with Crippen LogP contribution in [0.3, 0.4) is 0 Å². The lowest BCUT2D eigenvalue weighted by Gasteiger charge is -2.32. The molecule has 1 saturated carbocycles. The van der Waals surface area contributed by atoms with E-state index in [-0.39, 0.29) is 17.0 Å². The molecule has 2 aliphatic rings. The van der Waals surface area contributed by atoms with Crippen molar-refractivity contribution in [3.05, 3.63) is 23.8 Å². The third-order valence-corrected chi connectivity index (χ3v) is 5.14. The molecule has 1 saturated heterocycles. The van der Waals surface area contributed by atoms with E-state index in [1.54, 1.807) is 6.07 Å². The van der Waals surface area contributed by atoms with Gasteiger partial charge in [0.15, 0.2) is 0 Å². The third-order valence-electron chi connectivity index (χ3n) is 5.14. The average Bonchev–Trinajstić information content (AvgIpc) is 2.48. The molecule has 2 fully saturated rings. The second kappa shape index (κ2) is 4.50. The fourth-order valence-corrected chi connectivity index (χ4v) is 2.73. The summed E-state index contributed by atoms with van der Waals surface area (Å²) >= 11 is 0. The molecule has 1 aromatic carbocycles. The molecule has 20 heavy (non-hydrogen) atoms. The first-order valence-electron chi connectivity index (χ1n) is 7.49. The Morgan fingerprint density at radius 1 is 1.10 bits per heavy atom. The van der Waals surface area contributed by atoms with Gasteiger partial charge in [-0.2, -0.15) is 0 Å². The second-order valence-corrected chi connectivity index (χ2v) is 7.03. The molecule has 4 heteroatoms. The lowest BCUT2D eigenvalue weighted by Crippen LogP contribution is -2.41. The van der Waals surface area contributed by atoms with Gasteiger partial charge in [0, 0.05) is 5.46 Å². The van der Waals surface area contributed by atoms with Gasteiger partial charge in [0.2, 0.25) is 0 Å². The number of hydrogen-bond acceptors (Lipinski definition) is 3. The highest BCUT2D eigenvalue weighted by Crippen LogP contribution is 2.39. The number of benzene rings is 1. The summed E-state index contributed by atoms with van der Waals surface area (Å²) in [5, 5.41) is 10.1. The first-order valence-corrected chi connectivity index (χ1v) is 7.49. The Balaban J connectivity index is 1.90. The molecule has 0 spiro atoms. The van der Waals surface area contributed by atoms with Gasteiger partial charge >= 0.3 is 7.12 Å². The monoisotopic (exact) mass is 274 g/mol. The van der Waals surface area contributed by atoms with Crippen LogP contribution < -0.4 is 5.46 Å². The maximum Gasteiger partial charge on any atom is 0.498 e. The molecule has 0 radical (unpaired) electrons. The van der Waals surface area contributed by atoms with Gasteiger partial charge in [0.25, 0.3) is 0 Å². The van der Waals surface area contributed by atoms with Crippen LogP contribution in [0.5, 0.6) is 5.75 Å². The van der Waals surface area contributed by atoms with Gasteiger partial charge in [0.1, 0.15) is 5.75 Å². The summed E-state index contributed by atoms with van der Waals surface area (Å²) in [5.74, 6) is 0.892. The number of aromatic hydroxyl groups is 1. The molecule has 3 nitrogen and oxygen atoms in total. The molecule has 0 aromatic heterocycles. The Morgan fingerprint density at radius 3 is 2.20 bits per heavy atom. The molecule has 0 unspecified atom stereocenters. The van der Waals surface area contributed by atoms with E-state index in [1.165, 1.54) is 24.8 Å². The van der Waals surface area contributed by atoms with E-state index in [9.17, 15) is 5.11 Å². The summed E-state index contributed by atoms with van der Waals surface area (Å²) in [6.07, 6.45) is 3.79. The van der Waals surface area contributed by atoms with Crippen molar-refractivity contribution in [2.24, 2.45) is 0 Å². The zero-order chi connectivity index (χ0) is 14.5. The summed E-state index contributed by atoms with van der Waals surface area (Å²) in [6, 6.07) is 5.85. The normalized spacial score (nSPS) is 24.7. The Hall–Kier alpha value is -0.995. The van der Waals surface area contributed by atoms with Crippen LogP contribution in [0.1, 0.15) is 58.4 Å². The van der Waals surface area contributed by atoms with Gasteiger partial charge in [-0.3, -0.25) is 0 Å². The molecule has 1 aliphatic carbocycles. The highest BCUT2D eigenvalue weighted by Gasteiger charge is 2.52. The van der Waals surface area contributed by atoms with Crippen LogP contribution in [-0.4, -0.2) is 23.4 Å². The zero-order valence-electron chi connectivity index (χ0n) is 12.8. The molecule has 1 heterocycles. The van der Waals surface area contributed by atoms with Crippen molar-refractivity contribution >= 4 is 12.6 Å². The topological polar surface area (TPSA) is 38.7 Å². The van der Waals surface area contributed by atoms with E-state index in [0.717, 1.165) is 5.46 Å². The maximum absolute atomic E-state index is 10.1. The van der Waals surface area contributed by atoms with Crippen LogP contribution in [0.15, 0.2) is 18.2 Å². The first kappa shape index (κ1) is 14.0. The largest absolute Gasteiger partial charge is 0.508 e. The van der Waals surface area contributed by atoms with Crippen LogP contribution in [0, 0.1) is 0 Å². The molecule has 0 bridgehead atoms. The van der Waals surface area contributed by atoms with Crippen LogP contribution in [-0.2, 0) is 9.31 Å². The van der Waals surface area contributed by atoms with E-state index in [1.807, 2.05) is 33.8 Å². The predicted molar refractivity (Wildman–Crippen MR) is 80.4 cm³/mol. The summed E-state index contributed by atoms with van der Waals surface area (Å²) in [5.41, 5.74) is 1.29. The van der Waals surface area contributed by atoms with Crippen LogP contribution in [0.4, 0.5) is 0 Å². The van der Waals surface area contributed by atoms with Crippen LogP contribution >= 0.6 is 0 Å². The standard InChI is InChI=1S/C16H23BO3/c1-15(2)16(3,4)20-17(19-15)13-10-12(8-9-14(13)18)11-6-5-7-11/h8-11,18H,5-7H2,1-4H3. The van der Waals surface area contributed by atoms with Crippen molar-refractivity contribution in [2.75, 3.05) is 0 Å². The predicted octanol–water partition coefficient (Wildman–Crippen LogP) is 2.96. The Bertz CT molecular complexity index is 504. The quantitative estimate of drug-likeness (QED) is 0.843. The molecule has 3 rings (SSSR count). The molecule has 0 amide bonds. The third kappa shape index (κ3) is 2.15. The number of rotatable bonds is 2. The van der Waals surface area contributed by atoms with Crippen molar-refractivity contribution in [1.29, 1.82) is 0 Å². The molecule has 1 aliphatic heterocycles. The van der Waals surface area contributed by atoms with E-state index in [0.29, 0.717) is 5.92 Å². The van der Waals surface area contributed by atoms with Gasteiger partial charge in [-0.25, -0.2) is 0 Å². The van der Waals surface area contributed by atoms with Crippen LogP contribution in [0.2, 0.25) is 0 Å². The molecule has 1 N–H and O–H groups in total. The Labute approximate surface area is 121 Å². The molecule has 1 aromatic rings. The second-order valence-electron chi connectivity index (χ2n) is 7.03. The zero-order valence-corrected chi connectivity index (χ0v) is 12.8. The van der Waals surface area contributed by atoms with Gasteiger partial charge in [-0.15, -0.1) is 0 Å². The van der Waals surface area contributed by atoms with Gasteiger partial charge in [-0.05, 0) is 58.1 Å². The van der Waals surface area contributed by atoms with E-state index >= 15 is 0 Å².